The summed E-state index contributed by atoms with van der Waals surface area (Å²) < 4.78 is 10.0. The first-order chi connectivity index (χ1) is 9.75. The summed E-state index contributed by atoms with van der Waals surface area (Å²) in [6, 6.07) is 0. The standard InChI is InChI=1S/C11H20O10/c12-2-1-20-11(9(19)3(2)13)21-10-7(17)5(15)4(14)6(16)8(10)18/h2-19H,1H2/t2-,3-,4-,5-,6+,7+,8-,9+,10+,11+/m0/s1. The van der Waals surface area contributed by atoms with E-state index in [0.29, 0.717) is 0 Å². The Kier molecular flexibility index (Phi) is 5.15. The largest absolute Gasteiger partial charge is 0.388 e. The van der Waals surface area contributed by atoms with E-state index >= 15 is 0 Å². The van der Waals surface area contributed by atoms with Gasteiger partial charge >= 0.3 is 0 Å². The van der Waals surface area contributed by atoms with Crippen LogP contribution < -0.4 is 0 Å². The van der Waals surface area contributed by atoms with E-state index in [0.717, 1.165) is 0 Å². The Morgan fingerprint density at radius 2 is 1.10 bits per heavy atom. The Morgan fingerprint density at radius 3 is 1.62 bits per heavy atom. The van der Waals surface area contributed by atoms with Gasteiger partial charge in [-0.3, -0.25) is 0 Å². The molecular weight excluding hydrogens is 292 g/mol. The SMILES string of the molecule is O[C@@H]1[C@@H](O)[C@H](O)[C@H](O[C@H]2OC[C@H](O)[C@H](O)[C@H]2O)[C@H](O)[C@H]1O. The van der Waals surface area contributed by atoms with Crippen molar-refractivity contribution in [2.45, 2.75) is 61.2 Å². The van der Waals surface area contributed by atoms with E-state index in [2.05, 4.69) is 0 Å². The van der Waals surface area contributed by atoms with Crippen LogP contribution in [0.4, 0.5) is 0 Å². The van der Waals surface area contributed by atoms with E-state index in [1.807, 2.05) is 0 Å². The molecule has 10 heteroatoms. The second kappa shape index (κ2) is 6.38. The van der Waals surface area contributed by atoms with Crippen molar-refractivity contribution in [1.29, 1.82) is 0 Å². The Hall–Kier alpha value is -0.400. The maximum absolute atomic E-state index is 9.78. The van der Waals surface area contributed by atoms with Gasteiger partial charge in [-0.1, -0.05) is 0 Å². The molecule has 0 spiro atoms. The Morgan fingerprint density at radius 1 is 0.619 bits per heavy atom. The lowest BCUT2D eigenvalue weighted by atomic mass is 9.85. The first-order valence-corrected chi connectivity index (χ1v) is 6.47. The summed E-state index contributed by atoms with van der Waals surface area (Å²) >= 11 is 0. The Balaban J connectivity index is 2.07. The molecule has 1 saturated heterocycles. The van der Waals surface area contributed by atoms with Gasteiger partial charge in [-0.25, -0.2) is 0 Å². The van der Waals surface area contributed by atoms with E-state index in [1.165, 1.54) is 0 Å². The molecule has 10 atom stereocenters. The minimum Gasteiger partial charge on any atom is -0.388 e. The molecule has 2 aliphatic rings. The second-order valence-corrected chi connectivity index (χ2v) is 5.30. The van der Waals surface area contributed by atoms with Crippen molar-refractivity contribution in [1.82, 2.24) is 0 Å². The fraction of sp³-hybridized carbons (Fsp3) is 1.00. The molecule has 10 nitrogen and oxygen atoms in total. The molecule has 2 rings (SSSR count). The van der Waals surface area contributed by atoms with Crippen molar-refractivity contribution >= 4 is 0 Å². The van der Waals surface area contributed by atoms with E-state index < -0.39 is 61.2 Å². The third-order valence-electron chi connectivity index (χ3n) is 3.82. The zero-order valence-corrected chi connectivity index (χ0v) is 10.9. The van der Waals surface area contributed by atoms with Gasteiger partial charge in [0.1, 0.15) is 54.9 Å². The van der Waals surface area contributed by atoms with Crippen LogP contribution in [-0.4, -0.2) is 109 Å². The zero-order valence-electron chi connectivity index (χ0n) is 10.9. The molecule has 1 saturated carbocycles. The van der Waals surface area contributed by atoms with Crippen molar-refractivity contribution in [3.05, 3.63) is 0 Å². The highest BCUT2D eigenvalue weighted by Crippen LogP contribution is 2.27. The summed E-state index contributed by atoms with van der Waals surface area (Å²) in [4.78, 5) is 0. The summed E-state index contributed by atoms with van der Waals surface area (Å²) in [5.74, 6) is 0. The van der Waals surface area contributed by atoms with Gasteiger partial charge in [0.2, 0.25) is 0 Å². The predicted octanol–water partition coefficient (Wildman–Crippen LogP) is -5.37. The molecule has 1 heterocycles. The molecule has 0 aromatic carbocycles. The number of hydrogen-bond acceptors (Lipinski definition) is 10. The van der Waals surface area contributed by atoms with Gasteiger partial charge in [0.25, 0.3) is 0 Å². The smallest absolute Gasteiger partial charge is 0.186 e. The number of ether oxygens (including phenoxy) is 2. The monoisotopic (exact) mass is 312 g/mol. The molecule has 0 aromatic heterocycles. The van der Waals surface area contributed by atoms with Gasteiger partial charge in [0.15, 0.2) is 6.29 Å². The predicted molar refractivity (Wildman–Crippen MR) is 62.7 cm³/mol. The molecule has 0 unspecified atom stereocenters. The van der Waals surface area contributed by atoms with Crippen molar-refractivity contribution in [2.24, 2.45) is 0 Å². The van der Waals surface area contributed by atoms with Crippen LogP contribution in [0.1, 0.15) is 0 Å². The van der Waals surface area contributed by atoms with Crippen LogP contribution in [0, 0.1) is 0 Å². The number of aliphatic hydroxyl groups is 8. The second-order valence-electron chi connectivity index (χ2n) is 5.30. The number of rotatable bonds is 2. The third-order valence-corrected chi connectivity index (χ3v) is 3.82. The quantitative estimate of drug-likeness (QED) is 0.245. The maximum Gasteiger partial charge on any atom is 0.186 e. The molecule has 1 aliphatic carbocycles. The topological polar surface area (TPSA) is 180 Å². The van der Waals surface area contributed by atoms with Crippen molar-refractivity contribution in [3.63, 3.8) is 0 Å². The van der Waals surface area contributed by atoms with Gasteiger partial charge in [-0.15, -0.1) is 0 Å². The van der Waals surface area contributed by atoms with E-state index in [4.69, 9.17) is 9.47 Å². The van der Waals surface area contributed by atoms with Gasteiger partial charge in [-0.05, 0) is 0 Å². The molecule has 1 aliphatic heterocycles. The Labute approximate surface area is 119 Å². The van der Waals surface area contributed by atoms with E-state index in [9.17, 15) is 40.9 Å². The average Bonchev–Trinajstić information content (AvgIpc) is 2.47. The lowest BCUT2D eigenvalue weighted by molar-refractivity contribution is -0.320. The highest BCUT2D eigenvalue weighted by molar-refractivity contribution is 5.00. The van der Waals surface area contributed by atoms with Crippen molar-refractivity contribution in [3.8, 4) is 0 Å². The van der Waals surface area contributed by atoms with Gasteiger partial charge in [0, 0.05) is 0 Å². The molecule has 0 radical (unpaired) electrons. The summed E-state index contributed by atoms with van der Waals surface area (Å²) in [5.41, 5.74) is 0. The average molecular weight is 312 g/mol. The van der Waals surface area contributed by atoms with Crippen LogP contribution in [0.25, 0.3) is 0 Å². The van der Waals surface area contributed by atoms with Gasteiger partial charge in [0.05, 0.1) is 6.61 Å². The van der Waals surface area contributed by atoms with E-state index in [-0.39, 0.29) is 6.61 Å². The lowest BCUT2D eigenvalue weighted by Crippen LogP contribution is -2.66. The normalized spacial score (nSPS) is 55.4. The minimum absolute atomic E-state index is 0.352. The maximum atomic E-state index is 9.78. The highest BCUT2D eigenvalue weighted by atomic mass is 16.7. The van der Waals surface area contributed by atoms with Crippen LogP contribution in [0.2, 0.25) is 0 Å². The summed E-state index contributed by atoms with van der Waals surface area (Å²) in [6.45, 7) is -0.352. The third kappa shape index (κ3) is 3.05. The zero-order chi connectivity index (χ0) is 15.9. The fourth-order valence-corrected chi connectivity index (χ4v) is 2.41. The fourth-order valence-electron chi connectivity index (χ4n) is 2.41. The first-order valence-electron chi connectivity index (χ1n) is 6.47. The van der Waals surface area contributed by atoms with Crippen LogP contribution in [0.15, 0.2) is 0 Å². The molecule has 0 aromatic rings. The van der Waals surface area contributed by atoms with Crippen LogP contribution in [0.5, 0.6) is 0 Å². The van der Waals surface area contributed by atoms with Crippen molar-refractivity contribution in [2.75, 3.05) is 6.61 Å². The molecule has 124 valence electrons. The van der Waals surface area contributed by atoms with Crippen LogP contribution in [-0.2, 0) is 9.47 Å². The van der Waals surface area contributed by atoms with Crippen molar-refractivity contribution < 1.29 is 50.3 Å². The Bertz CT molecular complexity index is 338. The number of hydrogen-bond donors (Lipinski definition) is 8. The van der Waals surface area contributed by atoms with Crippen LogP contribution in [0.3, 0.4) is 0 Å². The lowest BCUT2D eigenvalue weighted by Gasteiger charge is -2.44. The number of aliphatic hydroxyl groups excluding tert-OH is 8. The van der Waals surface area contributed by atoms with Crippen LogP contribution >= 0.6 is 0 Å². The molecular formula is C11H20O10. The molecule has 2 fully saturated rings. The minimum atomic E-state index is -1.77. The van der Waals surface area contributed by atoms with E-state index in [1.54, 1.807) is 0 Å². The molecule has 8 N–H and O–H groups in total. The summed E-state index contributed by atoms with van der Waals surface area (Å²) in [6.07, 6.45) is -16.4. The molecule has 0 amide bonds. The summed E-state index contributed by atoms with van der Waals surface area (Å²) in [7, 11) is 0. The van der Waals surface area contributed by atoms with Gasteiger partial charge < -0.3 is 50.3 Å². The summed E-state index contributed by atoms with van der Waals surface area (Å²) in [5, 5.41) is 76.6. The first kappa shape index (κ1) is 17.0. The molecule has 0 bridgehead atoms. The van der Waals surface area contributed by atoms with Gasteiger partial charge in [-0.2, -0.15) is 0 Å². The molecule has 21 heavy (non-hydrogen) atoms. The highest BCUT2D eigenvalue weighted by Gasteiger charge is 2.51.